The standard InChI is InChI=1S/C12H13N3O6/c13-10(16)5-4-9(12(18)19)14-11(17)7-2-1-3-8(6-7)15(20)21/h1-3,6,9H,4-5H2,(H2,13,16)(H,14,17)(H,18,19)/t9-/m1/s1. The first-order valence-electron chi connectivity index (χ1n) is 5.87. The molecule has 0 spiro atoms. The summed E-state index contributed by atoms with van der Waals surface area (Å²) >= 11 is 0. The predicted molar refractivity (Wildman–Crippen MR) is 70.4 cm³/mol. The number of nitro benzene ring substituents is 1. The molecule has 0 aromatic heterocycles. The van der Waals surface area contributed by atoms with Gasteiger partial charge in [0.05, 0.1) is 4.92 Å². The van der Waals surface area contributed by atoms with E-state index in [4.69, 9.17) is 10.8 Å². The first-order valence-corrected chi connectivity index (χ1v) is 5.87. The average molecular weight is 295 g/mol. The van der Waals surface area contributed by atoms with Crippen molar-refractivity contribution in [1.82, 2.24) is 5.32 Å². The molecule has 2 amide bonds. The molecular weight excluding hydrogens is 282 g/mol. The van der Waals surface area contributed by atoms with Crippen molar-refractivity contribution >= 4 is 23.5 Å². The second-order valence-corrected chi connectivity index (χ2v) is 4.18. The number of hydrogen-bond donors (Lipinski definition) is 3. The van der Waals surface area contributed by atoms with E-state index in [1.165, 1.54) is 18.2 Å². The zero-order valence-electron chi connectivity index (χ0n) is 10.8. The molecule has 0 unspecified atom stereocenters. The van der Waals surface area contributed by atoms with Crippen LogP contribution in [0.15, 0.2) is 24.3 Å². The van der Waals surface area contributed by atoms with E-state index in [2.05, 4.69) is 5.32 Å². The summed E-state index contributed by atoms with van der Waals surface area (Å²) in [6.45, 7) is 0. The van der Waals surface area contributed by atoms with Gasteiger partial charge in [0.25, 0.3) is 11.6 Å². The van der Waals surface area contributed by atoms with Crippen LogP contribution < -0.4 is 11.1 Å². The zero-order valence-corrected chi connectivity index (χ0v) is 10.8. The molecular formula is C12H13N3O6. The lowest BCUT2D eigenvalue weighted by molar-refractivity contribution is -0.384. The fourth-order valence-corrected chi connectivity index (χ4v) is 1.55. The molecule has 1 aromatic carbocycles. The van der Waals surface area contributed by atoms with Crippen molar-refractivity contribution in [2.24, 2.45) is 5.73 Å². The zero-order chi connectivity index (χ0) is 16.0. The number of nitro groups is 1. The first-order chi connectivity index (χ1) is 9.81. The number of benzene rings is 1. The number of non-ortho nitro benzene ring substituents is 1. The second kappa shape index (κ2) is 6.98. The van der Waals surface area contributed by atoms with E-state index < -0.39 is 28.7 Å². The summed E-state index contributed by atoms with van der Waals surface area (Å²) in [6.07, 6.45) is -0.364. The van der Waals surface area contributed by atoms with Crippen molar-refractivity contribution in [3.8, 4) is 0 Å². The number of aliphatic carboxylic acids is 1. The maximum atomic E-state index is 11.9. The molecule has 0 heterocycles. The van der Waals surface area contributed by atoms with E-state index in [1.54, 1.807) is 0 Å². The van der Waals surface area contributed by atoms with Crippen LogP contribution >= 0.6 is 0 Å². The molecule has 0 radical (unpaired) electrons. The lowest BCUT2D eigenvalue weighted by Gasteiger charge is -2.13. The predicted octanol–water partition coefficient (Wildman–Crippen LogP) is 0.0433. The van der Waals surface area contributed by atoms with Crippen molar-refractivity contribution in [3.63, 3.8) is 0 Å². The number of nitrogens with zero attached hydrogens (tertiary/aromatic N) is 1. The number of nitrogens with one attached hydrogen (secondary N) is 1. The van der Waals surface area contributed by atoms with Crippen molar-refractivity contribution in [2.75, 3.05) is 0 Å². The minimum absolute atomic E-state index is 0.0467. The normalized spacial score (nSPS) is 11.4. The summed E-state index contributed by atoms with van der Waals surface area (Å²) in [5, 5.41) is 21.7. The Bertz CT molecular complexity index is 586. The quantitative estimate of drug-likeness (QED) is 0.477. The van der Waals surface area contributed by atoms with E-state index in [0.717, 1.165) is 6.07 Å². The molecule has 0 fully saturated rings. The number of carboxylic acid groups (broad SMARTS) is 1. The van der Waals surface area contributed by atoms with Gasteiger partial charge in [0, 0.05) is 24.1 Å². The van der Waals surface area contributed by atoms with Crippen LogP contribution in [0.4, 0.5) is 5.69 Å². The monoisotopic (exact) mass is 295 g/mol. The Hall–Kier alpha value is -2.97. The van der Waals surface area contributed by atoms with Crippen LogP contribution in [0.25, 0.3) is 0 Å². The van der Waals surface area contributed by atoms with Gasteiger partial charge in [-0.2, -0.15) is 0 Å². The van der Waals surface area contributed by atoms with Crippen LogP contribution in [0.5, 0.6) is 0 Å². The van der Waals surface area contributed by atoms with E-state index in [1.807, 2.05) is 0 Å². The number of amides is 2. The number of nitrogens with two attached hydrogens (primary N) is 1. The molecule has 4 N–H and O–H groups in total. The van der Waals surface area contributed by atoms with Gasteiger partial charge in [0.2, 0.25) is 5.91 Å². The highest BCUT2D eigenvalue weighted by molar-refractivity contribution is 5.97. The van der Waals surface area contributed by atoms with E-state index >= 15 is 0 Å². The number of carbonyl (C=O) groups is 3. The number of primary amides is 1. The molecule has 0 aliphatic heterocycles. The Morgan fingerprint density at radius 2 is 2.05 bits per heavy atom. The van der Waals surface area contributed by atoms with Gasteiger partial charge in [-0.25, -0.2) is 4.79 Å². The van der Waals surface area contributed by atoms with Gasteiger partial charge >= 0.3 is 5.97 Å². The van der Waals surface area contributed by atoms with Crippen LogP contribution in [0.1, 0.15) is 23.2 Å². The maximum absolute atomic E-state index is 11.9. The number of rotatable bonds is 7. The first kappa shape index (κ1) is 16.1. The topological polar surface area (TPSA) is 153 Å². The highest BCUT2D eigenvalue weighted by Crippen LogP contribution is 2.13. The summed E-state index contributed by atoms with van der Waals surface area (Å²) in [7, 11) is 0. The highest BCUT2D eigenvalue weighted by Gasteiger charge is 2.22. The van der Waals surface area contributed by atoms with E-state index in [-0.39, 0.29) is 24.1 Å². The fraction of sp³-hybridized carbons (Fsp3) is 0.250. The number of carboxylic acids is 1. The van der Waals surface area contributed by atoms with Gasteiger partial charge < -0.3 is 16.2 Å². The largest absolute Gasteiger partial charge is 0.480 e. The minimum Gasteiger partial charge on any atom is -0.480 e. The van der Waals surface area contributed by atoms with Crippen LogP contribution in [-0.2, 0) is 9.59 Å². The van der Waals surface area contributed by atoms with Gasteiger partial charge in [-0.05, 0) is 12.5 Å². The van der Waals surface area contributed by atoms with Crippen LogP contribution in [-0.4, -0.2) is 33.9 Å². The molecule has 1 atom stereocenters. The lowest BCUT2D eigenvalue weighted by Crippen LogP contribution is -2.41. The molecule has 21 heavy (non-hydrogen) atoms. The molecule has 9 heteroatoms. The summed E-state index contributed by atoms with van der Waals surface area (Å²) in [6, 6.07) is 3.56. The highest BCUT2D eigenvalue weighted by atomic mass is 16.6. The van der Waals surface area contributed by atoms with Crippen molar-refractivity contribution in [3.05, 3.63) is 39.9 Å². The third-order valence-corrected chi connectivity index (χ3v) is 2.60. The molecule has 0 saturated heterocycles. The molecule has 0 bridgehead atoms. The SMILES string of the molecule is NC(=O)CC[C@@H](NC(=O)c1cccc([N+](=O)[O-])c1)C(=O)O. The Kier molecular flexibility index (Phi) is 5.35. The molecule has 9 nitrogen and oxygen atoms in total. The van der Waals surface area contributed by atoms with E-state index in [9.17, 15) is 24.5 Å². The minimum atomic E-state index is -1.32. The lowest BCUT2D eigenvalue weighted by atomic mass is 10.1. The van der Waals surface area contributed by atoms with Gasteiger partial charge in [-0.1, -0.05) is 6.07 Å². The molecule has 0 saturated carbocycles. The average Bonchev–Trinajstić information content (AvgIpc) is 2.42. The van der Waals surface area contributed by atoms with Gasteiger partial charge in [-0.15, -0.1) is 0 Å². The van der Waals surface area contributed by atoms with Crippen LogP contribution in [0.3, 0.4) is 0 Å². The fourth-order valence-electron chi connectivity index (χ4n) is 1.55. The molecule has 112 valence electrons. The number of carbonyl (C=O) groups excluding carboxylic acids is 2. The maximum Gasteiger partial charge on any atom is 0.326 e. The van der Waals surface area contributed by atoms with E-state index in [0.29, 0.717) is 0 Å². The van der Waals surface area contributed by atoms with Crippen molar-refractivity contribution < 1.29 is 24.4 Å². The van der Waals surface area contributed by atoms with Gasteiger partial charge in [0.1, 0.15) is 6.04 Å². The van der Waals surface area contributed by atoms with Crippen molar-refractivity contribution in [2.45, 2.75) is 18.9 Å². The van der Waals surface area contributed by atoms with Crippen LogP contribution in [0, 0.1) is 10.1 Å². The molecule has 0 aliphatic carbocycles. The molecule has 0 aliphatic rings. The smallest absolute Gasteiger partial charge is 0.326 e. The number of hydrogen-bond acceptors (Lipinski definition) is 5. The second-order valence-electron chi connectivity index (χ2n) is 4.18. The summed E-state index contributed by atoms with van der Waals surface area (Å²) in [5.74, 6) is -2.79. The van der Waals surface area contributed by atoms with Gasteiger partial charge in [-0.3, -0.25) is 19.7 Å². The molecule has 1 rings (SSSR count). The Balaban J connectivity index is 2.82. The van der Waals surface area contributed by atoms with Crippen molar-refractivity contribution in [1.29, 1.82) is 0 Å². The Morgan fingerprint density at radius 3 is 2.57 bits per heavy atom. The summed E-state index contributed by atoms with van der Waals surface area (Å²) in [5.41, 5.74) is 4.58. The summed E-state index contributed by atoms with van der Waals surface area (Å²) in [4.78, 5) is 43.4. The third-order valence-electron chi connectivity index (χ3n) is 2.60. The van der Waals surface area contributed by atoms with Crippen LogP contribution in [0.2, 0.25) is 0 Å². The third kappa shape index (κ3) is 4.90. The molecule has 1 aromatic rings. The Morgan fingerprint density at radius 1 is 1.38 bits per heavy atom. The van der Waals surface area contributed by atoms with Gasteiger partial charge in [0.15, 0.2) is 0 Å². The summed E-state index contributed by atoms with van der Waals surface area (Å²) < 4.78 is 0. The Labute approximate surface area is 118 Å².